The van der Waals surface area contributed by atoms with Gasteiger partial charge in [-0.05, 0) is 58.0 Å². The molecular weight excluding hydrogens is 469 g/mol. The number of phosphoric acid groups is 1. The molecule has 0 aliphatic carbocycles. The Hall–Kier alpha value is -0.190. The number of rotatable bonds is 30. The van der Waals surface area contributed by atoms with Crippen LogP contribution in [0.15, 0.2) is 12.2 Å². The van der Waals surface area contributed by atoms with Crippen LogP contribution < -0.4 is 5.32 Å². The summed E-state index contributed by atoms with van der Waals surface area (Å²) in [5.41, 5.74) is 0. The first kappa shape index (κ1) is 35.8. The molecule has 0 spiro atoms. The molecule has 0 heterocycles. The van der Waals surface area contributed by atoms with Gasteiger partial charge in [-0.1, -0.05) is 122 Å². The van der Waals surface area contributed by atoms with Crippen LogP contribution in [0.25, 0.3) is 0 Å². The quantitative estimate of drug-likeness (QED) is 0.0548. The Kier molecular flexibility index (Phi) is 29.2. The normalized spacial score (nSPS) is 13.5. The van der Waals surface area contributed by atoms with Crippen molar-refractivity contribution in [3.63, 3.8) is 0 Å². The van der Waals surface area contributed by atoms with Crippen molar-refractivity contribution in [1.29, 1.82) is 0 Å². The monoisotopic (exact) mass is 531 g/mol. The summed E-state index contributed by atoms with van der Waals surface area (Å²) in [6, 6.07) is 0. The van der Waals surface area contributed by atoms with Crippen LogP contribution >= 0.6 is 7.82 Å². The lowest BCUT2D eigenvalue weighted by Crippen LogP contribution is -2.18. The van der Waals surface area contributed by atoms with E-state index in [1.54, 1.807) is 0 Å². The van der Waals surface area contributed by atoms with E-state index in [-0.39, 0.29) is 6.61 Å². The molecule has 0 aromatic heterocycles. The molecule has 0 aliphatic rings. The Morgan fingerprint density at radius 3 is 1.47 bits per heavy atom. The largest absolute Gasteiger partial charge is 0.472 e. The van der Waals surface area contributed by atoms with Gasteiger partial charge in [0.2, 0.25) is 0 Å². The fraction of sp³-hybridized carbons (Fsp3) is 0.933. The fourth-order valence-electron chi connectivity index (χ4n) is 4.28. The van der Waals surface area contributed by atoms with Crippen LogP contribution in [0.1, 0.15) is 155 Å². The number of allylic oxidation sites excluding steroid dienone is 2. The number of unbranched alkanes of at least 4 members (excludes halogenated alkanes) is 18. The molecule has 0 amide bonds. The van der Waals surface area contributed by atoms with E-state index in [0.29, 0.717) is 6.61 Å². The van der Waals surface area contributed by atoms with Crippen molar-refractivity contribution in [2.75, 3.05) is 26.3 Å². The lowest BCUT2D eigenvalue weighted by molar-refractivity contribution is 0.146. The average molecular weight is 532 g/mol. The minimum Gasteiger partial charge on any atom is -0.317 e. The molecular formula is C30H62NO4P. The van der Waals surface area contributed by atoms with Crippen molar-refractivity contribution in [2.45, 2.75) is 155 Å². The van der Waals surface area contributed by atoms with Crippen LogP contribution in [0.4, 0.5) is 0 Å². The first-order valence-corrected chi connectivity index (χ1v) is 17.1. The van der Waals surface area contributed by atoms with Gasteiger partial charge in [0, 0.05) is 0 Å². The maximum Gasteiger partial charge on any atom is 0.472 e. The molecule has 0 radical (unpaired) electrons. The summed E-state index contributed by atoms with van der Waals surface area (Å²) in [6.07, 6.45) is 32.3. The second-order valence-corrected chi connectivity index (χ2v) is 11.8. The van der Waals surface area contributed by atoms with E-state index in [1.165, 1.54) is 122 Å². The number of phosphoric ester groups is 1. The van der Waals surface area contributed by atoms with E-state index in [4.69, 9.17) is 9.05 Å². The predicted molar refractivity (Wildman–Crippen MR) is 157 cm³/mol. The van der Waals surface area contributed by atoms with E-state index < -0.39 is 7.82 Å². The minimum atomic E-state index is -3.89. The van der Waals surface area contributed by atoms with E-state index in [2.05, 4.69) is 31.3 Å². The Balaban J connectivity index is 3.27. The van der Waals surface area contributed by atoms with Crippen LogP contribution in [0.2, 0.25) is 0 Å². The molecule has 2 N–H and O–H groups in total. The maximum absolute atomic E-state index is 11.9. The highest BCUT2D eigenvalue weighted by atomic mass is 31.2. The van der Waals surface area contributed by atoms with Gasteiger partial charge in [0.05, 0.1) is 13.2 Å². The van der Waals surface area contributed by atoms with E-state index in [0.717, 1.165) is 32.4 Å². The predicted octanol–water partition coefficient (Wildman–Crippen LogP) is 9.89. The first-order chi connectivity index (χ1) is 17.6. The molecule has 0 saturated carbocycles. The van der Waals surface area contributed by atoms with Crippen molar-refractivity contribution < 1.29 is 18.5 Å². The van der Waals surface area contributed by atoms with Gasteiger partial charge in [0.25, 0.3) is 0 Å². The third-order valence-electron chi connectivity index (χ3n) is 6.62. The summed E-state index contributed by atoms with van der Waals surface area (Å²) in [4.78, 5) is 9.73. The van der Waals surface area contributed by atoms with Gasteiger partial charge in [-0.2, -0.15) is 0 Å². The van der Waals surface area contributed by atoms with Gasteiger partial charge in [-0.3, -0.25) is 9.05 Å². The number of hydrogen-bond donors (Lipinski definition) is 2. The van der Waals surface area contributed by atoms with Gasteiger partial charge < -0.3 is 10.2 Å². The van der Waals surface area contributed by atoms with Crippen molar-refractivity contribution in [2.24, 2.45) is 0 Å². The molecule has 0 bridgehead atoms. The topological polar surface area (TPSA) is 67.8 Å². The second-order valence-electron chi connectivity index (χ2n) is 10.3. The Morgan fingerprint density at radius 2 is 0.944 bits per heavy atom. The lowest BCUT2D eigenvalue weighted by Gasteiger charge is -2.12. The third-order valence-corrected chi connectivity index (χ3v) is 7.64. The number of hydrogen-bond acceptors (Lipinski definition) is 4. The zero-order chi connectivity index (χ0) is 26.4. The summed E-state index contributed by atoms with van der Waals surface area (Å²) < 4.78 is 22.0. The highest BCUT2D eigenvalue weighted by Gasteiger charge is 2.19. The smallest absolute Gasteiger partial charge is 0.317 e. The fourth-order valence-corrected chi connectivity index (χ4v) is 5.07. The van der Waals surface area contributed by atoms with Crippen LogP contribution in [0.3, 0.4) is 0 Å². The molecule has 36 heavy (non-hydrogen) atoms. The van der Waals surface area contributed by atoms with Crippen LogP contribution in [0, 0.1) is 0 Å². The van der Waals surface area contributed by atoms with E-state index >= 15 is 0 Å². The lowest BCUT2D eigenvalue weighted by atomic mass is 10.1. The van der Waals surface area contributed by atoms with Gasteiger partial charge in [0.15, 0.2) is 0 Å². The highest BCUT2D eigenvalue weighted by molar-refractivity contribution is 7.47. The molecule has 0 aliphatic heterocycles. The van der Waals surface area contributed by atoms with Crippen molar-refractivity contribution in [3.05, 3.63) is 12.2 Å². The minimum absolute atomic E-state index is 0.254. The van der Waals surface area contributed by atoms with Crippen LogP contribution in [0.5, 0.6) is 0 Å². The molecule has 0 aromatic rings. The first-order valence-electron chi connectivity index (χ1n) is 15.6. The number of nitrogens with one attached hydrogen (secondary N) is 1. The zero-order valence-corrected chi connectivity index (χ0v) is 25.1. The Morgan fingerprint density at radius 1 is 0.556 bits per heavy atom. The second kappa shape index (κ2) is 29.4. The molecule has 6 heteroatoms. The SMILES string of the molecule is CCCCCCCC/C=C\CCCCCCCCCCCCOP(=O)(O)OCCCNCCCCC. The molecule has 0 aromatic carbocycles. The van der Waals surface area contributed by atoms with Gasteiger partial charge >= 0.3 is 7.82 Å². The molecule has 1 atom stereocenters. The molecule has 0 fully saturated rings. The van der Waals surface area contributed by atoms with Crippen molar-refractivity contribution in [1.82, 2.24) is 5.32 Å². The van der Waals surface area contributed by atoms with Crippen molar-refractivity contribution >= 4 is 7.82 Å². The summed E-state index contributed by atoms with van der Waals surface area (Å²) in [7, 11) is -3.89. The molecule has 1 unspecified atom stereocenters. The van der Waals surface area contributed by atoms with Crippen LogP contribution in [-0.4, -0.2) is 31.2 Å². The van der Waals surface area contributed by atoms with E-state index in [9.17, 15) is 9.46 Å². The zero-order valence-electron chi connectivity index (χ0n) is 24.2. The summed E-state index contributed by atoms with van der Waals surface area (Å²) >= 11 is 0. The standard InChI is InChI=1S/C30H62NO4P/c1-3-5-7-8-9-10-11-12-13-14-15-16-17-18-19-20-21-22-23-25-29-34-36(32,33)35-30-26-28-31-27-24-6-4-2/h12-13,31H,3-11,14-30H2,1-2H3,(H,32,33)/b13-12-. The van der Waals surface area contributed by atoms with Gasteiger partial charge in [0.1, 0.15) is 0 Å². The Labute approximate surface area is 225 Å². The summed E-state index contributed by atoms with van der Waals surface area (Å²) in [5, 5.41) is 3.32. The molecule has 0 rings (SSSR count). The van der Waals surface area contributed by atoms with Gasteiger partial charge in [-0.15, -0.1) is 0 Å². The summed E-state index contributed by atoms with van der Waals surface area (Å²) in [5.74, 6) is 0. The summed E-state index contributed by atoms with van der Waals surface area (Å²) in [6.45, 7) is 6.82. The van der Waals surface area contributed by atoms with E-state index in [1.807, 2.05) is 0 Å². The van der Waals surface area contributed by atoms with Gasteiger partial charge in [-0.25, -0.2) is 4.57 Å². The maximum atomic E-state index is 11.9. The molecule has 216 valence electrons. The average Bonchev–Trinajstić information content (AvgIpc) is 2.86. The Bertz CT molecular complexity index is 501. The molecule has 5 nitrogen and oxygen atoms in total. The molecule has 0 saturated heterocycles. The van der Waals surface area contributed by atoms with Crippen LogP contribution in [-0.2, 0) is 13.6 Å². The highest BCUT2D eigenvalue weighted by Crippen LogP contribution is 2.43. The third kappa shape index (κ3) is 30.0. The van der Waals surface area contributed by atoms with Crippen molar-refractivity contribution in [3.8, 4) is 0 Å².